The molecule has 164 valence electrons. The molecule has 4 aromatic rings. The van der Waals surface area contributed by atoms with Crippen LogP contribution < -0.4 is 5.32 Å². The van der Waals surface area contributed by atoms with Crippen molar-refractivity contribution in [3.8, 4) is 17.2 Å². The summed E-state index contributed by atoms with van der Waals surface area (Å²) in [6.45, 7) is 0.262. The number of guanidine groups is 1. The van der Waals surface area contributed by atoms with E-state index in [1.807, 2.05) is 103 Å². The van der Waals surface area contributed by atoms with E-state index >= 15 is 0 Å². The Labute approximate surface area is 198 Å². The first kappa shape index (κ1) is 21.2. The molecule has 0 unspecified atom stereocenters. The van der Waals surface area contributed by atoms with Crippen LogP contribution in [0.25, 0.3) is 11.1 Å². The molecule has 0 radical (unpaired) electrons. The molecule has 5 heteroatoms. The van der Waals surface area contributed by atoms with Crippen LogP contribution in [0.3, 0.4) is 0 Å². The van der Waals surface area contributed by atoms with Gasteiger partial charge in [-0.15, -0.1) is 0 Å². The van der Waals surface area contributed by atoms with Crippen LogP contribution in [0, 0.1) is 16.7 Å². The second-order valence-corrected chi connectivity index (χ2v) is 8.24. The zero-order valence-electron chi connectivity index (χ0n) is 18.4. The molecule has 0 saturated carbocycles. The van der Waals surface area contributed by atoms with E-state index in [2.05, 4.69) is 11.4 Å². The Morgan fingerprint density at radius 2 is 1.38 bits per heavy atom. The second kappa shape index (κ2) is 8.68. The molecule has 1 saturated heterocycles. The van der Waals surface area contributed by atoms with Crippen molar-refractivity contribution in [2.75, 3.05) is 0 Å². The number of hydrogen-bond acceptors (Lipinski definition) is 3. The number of rotatable bonds is 5. The predicted octanol–water partition coefficient (Wildman–Crippen LogP) is 5.04. The van der Waals surface area contributed by atoms with Crippen molar-refractivity contribution >= 4 is 11.9 Å². The van der Waals surface area contributed by atoms with E-state index in [0.29, 0.717) is 5.56 Å². The summed E-state index contributed by atoms with van der Waals surface area (Å²) in [6, 6.07) is 36.6. The van der Waals surface area contributed by atoms with Gasteiger partial charge in [0.1, 0.15) is 0 Å². The molecule has 4 aromatic carbocycles. The van der Waals surface area contributed by atoms with Crippen molar-refractivity contribution in [1.29, 1.82) is 10.7 Å². The van der Waals surface area contributed by atoms with E-state index in [4.69, 9.17) is 5.41 Å². The molecule has 1 amide bonds. The van der Waals surface area contributed by atoms with Crippen LogP contribution in [-0.2, 0) is 16.9 Å². The maximum absolute atomic E-state index is 14.0. The molecule has 34 heavy (non-hydrogen) atoms. The van der Waals surface area contributed by atoms with Crippen molar-refractivity contribution in [2.24, 2.45) is 0 Å². The Morgan fingerprint density at radius 3 is 2.00 bits per heavy atom. The first-order chi connectivity index (χ1) is 16.6. The fraction of sp³-hybridized carbons (Fsp3) is 0.0690. The Bertz CT molecular complexity index is 1370. The molecule has 0 aliphatic carbocycles. The number of nitrogens with one attached hydrogen (secondary N) is 2. The van der Waals surface area contributed by atoms with Crippen molar-refractivity contribution in [3.05, 3.63) is 131 Å². The van der Waals surface area contributed by atoms with Crippen molar-refractivity contribution in [3.63, 3.8) is 0 Å². The molecule has 1 fully saturated rings. The third-order valence-corrected chi connectivity index (χ3v) is 6.15. The summed E-state index contributed by atoms with van der Waals surface area (Å²) in [5, 5.41) is 21.1. The fourth-order valence-corrected chi connectivity index (χ4v) is 4.49. The fourth-order valence-electron chi connectivity index (χ4n) is 4.49. The molecule has 1 aliphatic heterocycles. The summed E-state index contributed by atoms with van der Waals surface area (Å²) in [7, 11) is 0. The van der Waals surface area contributed by atoms with Gasteiger partial charge in [-0.2, -0.15) is 5.26 Å². The molecule has 1 aliphatic rings. The third-order valence-electron chi connectivity index (χ3n) is 6.15. The number of nitriles is 1. The Morgan fingerprint density at radius 1 is 0.794 bits per heavy atom. The Balaban J connectivity index is 1.51. The minimum Gasteiger partial charge on any atom is -0.334 e. The lowest BCUT2D eigenvalue weighted by Crippen LogP contribution is -2.45. The number of carbonyl (C=O) groups excluding carboxylic acids is 1. The van der Waals surface area contributed by atoms with Crippen molar-refractivity contribution in [2.45, 2.75) is 12.1 Å². The summed E-state index contributed by atoms with van der Waals surface area (Å²) in [6.07, 6.45) is 0. The van der Waals surface area contributed by atoms with Crippen LogP contribution in [0.2, 0.25) is 0 Å². The van der Waals surface area contributed by atoms with Crippen molar-refractivity contribution < 1.29 is 4.79 Å². The van der Waals surface area contributed by atoms with Gasteiger partial charge in [0.25, 0.3) is 5.91 Å². The smallest absolute Gasteiger partial charge is 0.264 e. The van der Waals surface area contributed by atoms with Gasteiger partial charge in [0.15, 0.2) is 11.5 Å². The highest BCUT2D eigenvalue weighted by atomic mass is 16.2. The molecule has 0 aromatic heterocycles. The van der Waals surface area contributed by atoms with Gasteiger partial charge >= 0.3 is 0 Å². The minimum absolute atomic E-state index is 0.0644. The summed E-state index contributed by atoms with van der Waals surface area (Å²) in [5.41, 5.74) is 3.82. The molecule has 1 heterocycles. The van der Waals surface area contributed by atoms with E-state index < -0.39 is 5.54 Å². The first-order valence-electron chi connectivity index (χ1n) is 11.0. The van der Waals surface area contributed by atoms with Crippen LogP contribution in [0.4, 0.5) is 0 Å². The van der Waals surface area contributed by atoms with Crippen LogP contribution in [0.15, 0.2) is 109 Å². The van der Waals surface area contributed by atoms with Gasteiger partial charge in [0, 0.05) is 0 Å². The zero-order valence-corrected chi connectivity index (χ0v) is 18.4. The Hall–Kier alpha value is -4.69. The summed E-state index contributed by atoms with van der Waals surface area (Å²) < 4.78 is 0. The SMILES string of the molecule is N#Cc1cccc(-c2cccc(CN3C(=N)NC(c4ccccc4)(c4ccccc4)C3=O)c2)c1. The maximum Gasteiger partial charge on any atom is 0.264 e. The second-order valence-electron chi connectivity index (χ2n) is 8.24. The average molecular weight is 443 g/mol. The third kappa shape index (κ3) is 3.62. The van der Waals surface area contributed by atoms with Crippen LogP contribution >= 0.6 is 0 Å². The molecular weight excluding hydrogens is 420 g/mol. The predicted molar refractivity (Wildman–Crippen MR) is 132 cm³/mol. The Kier molecular flexibility index (Phi) is 5.41. The largest absolute Gasteiger partial charge is 0.334 e. The van der Waals surface area contributed by atoms with E-state index in [-0.39, 0.29) is 18.4 Å². The van der Waals surface area contributed by atoms with Gasteiger partial charge in [-0.1, -0.05) is 91.0 Å². The molecule has 0 bridgehead atoms. The van der Waals surface area contributed by atoms with Gasteiger partial charge in [-0.05, 0) is 46.0 Å². The van der Waals surface area contributed by atoms with Gasteiger partial charge in [-0.3, -0.25) is 15.1 Å². The van der Waals surface area contributed by atoms with Crippen molar-refractivity contribution in [1.82, 2.24) is 10.2 Å². The lowest BCUT2D eigenvalue weighted by atomic mass is 9.82. The molecule has 5 rings (SSSR count). The van der Waals surface area contributed by atoms with Crippen LogP contribution in [-0.4, -0.2) is 16.8 Å². The standard InChI is InChI=1S/C29H22N4O/c30-19-21-9-7-11-23(17-21)24-12-8-10-22(18-24)20-33-27(34)29(32-28(33)31,25-13-3-1-4-14-25)26-15-5-2-6-16-26/h1-18H,20H2,(H2,31,32). The number of carbonyl (C=O) groups is 1. The van der Waals surface area contributed by atoms with E-state index in [9.17, 15) is 10.1 Å². The first-order valence-corrected chi connectivity index (χ1v) is 11.0. The molecular formula is C29H22N4O. The number of hydrogen-bond donors (Lipinski definition) is 2. The molecule has 5 nitrogen and oxygen atoms in total. The number of benzene rings is 4. The summed E-state index contributed by atoms with van der Waals surface area (Å²) in [4.78, 5) is 15.5. The van der Waals surface area contributed by atoms with Gasteiger partial charge in [-0.25, -0.2) is 0 Å². The molecule has 2 N–H and O–H groups in total. The average Bonchev–Trinajstić information content (AvgIpc) is 3.15. The highest BCUT2D eigenvalue weighted by molar-refractivity contribution is 6.10. The van der Waals surface area contributed by atoms with Gasteiger partial charge in [0.05, 0.1) is 18.2 Å². The summed E-state index contributed by atoms with van der Waals surface area (Å²) in [5.74, 6) is -0.124. The molecule has 0 spiro atoms. The van der Waals surface area contributed by atoms with Gasteiger partial charge in [0.2, 0.25) is 0 Å². The summed E-state index contributed by atoms with van der Waals surface area (Å²) >= 11 is 0. The highest BCUT2D eigenvalue weighted by Gasteiger charge is 2.52. The lowest BCUT2D eigenvalue weighted by molar-refractivity contribution is -0.130. The number of amides is 1. The van der Waals surface area contributed by atoms with E-state index in [1.54, 1.807) is 6.07 Å². The zero-order chi connectivity index (χ0) is 23.5. The minimum atomic E-state index is -1.15. The van der Waals surface area contributed by atoms with Crippen LogP contribution in [0.1, 0.15) is 22.3 Å². The highest BCUT2D eigenvalue weighted by Crippen LogP contribution is 2.36. The topological polar surface area (TPSA) is 80.0 Å². The van der Waals surface area contributed by atoms with Gasteiger partial charge < -0.3 is 5.32 Å². The molecule has 0 atom stereocenters. The monoisotopic (exact) mass is 442 g/mol. The van der Waals surface area contributed by atoms with E-state index in [0.717, 1.165) is 27.8 Å². The maximum atomic E-state index is 14.0. The lowest BCUT2D eigenvalue weighted by Gasteiger charge is -2.28. The number of nitrogens with zero attached hydrogens (tertiary/aromatic N) is 2. The normalized spacial score (nSPS) is 14.5. The van der Waals surface area contributed by atoms with Crippen LogP contribution in [0.5, 0.6) is 0 Å². The van der Waals surface area contributed by atoms with E-state index in [1.165, 1.54) is 4.90 Å². The quantitative estimate of drug-likeness (QED) is 0.455.